The Balaban J connectivity index is 2.10. The Hall–Kier alpha value is -0.870. The van der Waals surface area contributed by atoms with Crippen LogP contribution in [-0.2, 0) is 4.79 Å². The van der Waals surface area contributed by atoms with Gasteiger partial charge in [-0.2, -0.15) is 0 Å². The lowest BCUT2D eigenvalue weighted by Crippen LogP contribution is -2.39. The number of carbonyl (C=O) groups excluding carboxylic acids is 2. The maximum absolute atomic E-state index is 12.4. The van der Waals surface area contributed by atoms with Crippen LogP contribution in [0, 0.1) is 0 Å². The molecule has 19 heavy (non-hydrogen) atoms. The Morgan fingerprint density at radius 2 is 2.00 bits per heavy atom. The molecule has 0 radical (unpaired) electrons. The highest BCUT2D eigenvalue weighted by atomic mass is 79.9. The first-order chi connectivity index (χ1) is 8.99. The number of amides is 1. The SMILES string of the molecule is CN(C(=O)c1ccc(Cl)c(Br)c1)C1CCC(=O)CC1. The summed E-state index contributed by atoms with van der Waals surface area (Å²) in [6.45, 7) is 0. The fourth-order valence-electron chi connectivity index (χ4n) is 2.31. The Morgan fingerprint density at radius 1 is 1.37 bits per heavy atom. The third kappa shape index (κ3) is 3.37. The molecule has 0 saturated heterocycles. The van der Waals surface area contributed by atoms with Gasteiger partial charge in [0.15, 0.2) is 0 Å². The first-order valence-electron chi connectivity index (χ1n) is 6.23. The highest BCUT2D eigenvalue weighted by Crippen LogP contribution is 2.25. The second-order valence-electron chi connectivity index (χ2n) is 4.81. The van der Waals surface area contributed by atoms with E-state index in [-0.39, 0.29) is 11.9 Å². The molecule has 0 atom stereocenters. The summed E-state index contributed by atoms with van der Waals surface area (Å²) < 4.78 is 0.715. The van der Waals surface area contributed by atoms with Crippen LogP contribution >= 0.6 is 27.5 Å². The standard InChI is InChI=1S/C14H15BrClNO2/c1-17(10-3-5-11(18)6-4-10)14(19)9-2-7-13(16)12(15)8-9/h2,7-8,10H,3-6H2,1H3. The van der Waals surface area contributed by atoms with Gasteiger partial charge in [0.05, 0.1) is 5.02 Å². The number of benzene rings is 1. The van der Waals surface area contributed by atoms with Crippen molar-refractivity contribution in [1.29, 1.82) is 0 Å². The van der Waals surface area contributed by atoms with Crippen LogP contribution in [0.4, 0.5) is 0 Å². The topological polar surface area (TPSA) is 37.4 Å². The van der Waals surface area contributed by atoms with E-state index in [4.69, 9.17) is 11.6 Å². The van der Waals surface area contributed by atoms with Crippen LogP contribution in [0.25, 0.3) is 0 Å². The van der Waals surface area contributed by atoms with Gasteiger partial charge in [-0.05, 0) is 47.0 Å². The van der Waals surface area contributed by atoms with Gasteiger partial charge in [-0.15, -0.1) is 0 Å². The van der Waals surface area contributed by atoms with Crippen molar-refractivity contribution in [3.63, 3.8) is 0 Å². The van der Waals surface area contributed by atoms with Crippen molar-refractivity contribution in [2.45, 2.75) is 31.7 Å². The summed E-state index contributed by atoms with van der Waals surface area (Å²) in [7, 11) is 1.80. The highest BCUT2D eigenvalue weighted by molar-refractivity contribution is 9.10. The average Bonchev–Trinajstić information content (AvgIpc) is 2.41. The normalized spacial score (nSPS) is 16.5. The minimum absolute atomic E-state index is 0.0308. The Bertz CT molecular complexity index is 508. The van der Waals surface area contributed by atoms with Crippen LogP contribution in [0.2, 0.25) is 5.02 Å². The number of Topliss-reactive ketones (excluding diaryl/α,β-unsaturated/α-hetero) is 1. The van der Waals surface area contributed by atoms with Gasteiger partial charge in [-0.25, -0.2) is 0 Å². The average molecular weight is 345 g/mol. The second kappa shape index (κ2) is 6.06. The molecule has 0 N–H and O–H groups in total. The monoisotopic (exact) mass is 343 g/mol. The third-order valence-electron chi connectivity index (χ3n) is 3.55. The number of hydrogen-bond donors (Lipinski definition) is 0. The molecule has 2 rings (SSSR count). The van der Waals surface area contributed by atoms with Crippen molar-refractivity contribution in [2.75, 3.05) is 7.05 Å². The molecule has 1 amide bonds. The maximum Gasteiger partial charge on any atom is 0.253 e. The number of halogens is 2. The summed E-state index contributed by atoms with van der Waals surface area (Å²) in [5.74, 6) is 0.267. The molecule has 1 aliphatic carbocycles. The number of nitrogens with zero attached hydrogens (tertiary/aromatic N) is 1. The van der Waals surface area contributed by atoms with Crippen LogP contribution in [0.3, 0.4) is 0 Å². The van der Waals surface area contributed by atoms with Gasteiger partial charge >= 0.3 is 0 Å². The molecule has 0 spiro atoms. The van der Waals surface area contributed by atoms with Crippen molar-refractivity contribution < 1.29 is 9.59 Å². The Labute approximate surface area is 126 Å². The smallest absolute Gasteiger partial charge is 0.253 e. The molecule has 1 saturated carbocycles. The predicted octanol–water partition coefficient (Wildman–Crippen LogP) is 3.69. The quantitative estimate of drug-likeness (QED) is 0.820. The first kappa shape index (κ1) is 14.5. The molecule has 5 heteroatoms. The van der Waals surface area contributed by atoms with Crippen LogP contribution in [0.5, 0.6) is 0 Å². The first-order valence-corrected chi connectivity index (χ1v) is 7.40. The zero-order chi connectivity index (χ0) is 14.0. The van der Waals surface area contributed by atoms with E-state index in [9.17, 15) is 9.59 Å². The third-order valence-corrected chi connectivity index (χ3v) is 4.76. The van der Waals surface area contributed by atoms with Gasteiger partial charge in [0.25, 0.3) is 5.91 Å². The van der Waals surface area contributed by atoms with E-state index in [0.717, 1.165) is 12.8 Å². The summed E-state index contributed by atoms with van der Waals surface area (Å²) in [6, 6.07) is 5.31. The van der Waals surface area contributed by atoms with Gasteiger partial charge < -0.3 is 4.90 Å². The minimum Gasteiger partial charge on any atom is -0.339 e. The van der Waals surface area contributed by atoms with Gasteiger partial charge in [0.2, 0.25) is 0 Å². The molecule has 0 heterocycles. The molecule has 1 aromatic rings. The lowest BCUT2D eigenvalue weighted by Gasteiger charge is -2.30. The largest absolute Gasteiger partial charge is 0.339 e. The molecular weight excluding hydrogens is 330 g/mol. The molecule has 3 nitrogen and oxygen atoms in total. The molecular formula is C14H15BrClNO2. The zero-order valence-electron chi connectivity index (χ0n) is 10.7. The van der Waals surface area contributed by atoms with Crippen LogP contribution < -0.4 is 0 Å². The molecule has 1 aromatic carbocycles. The van der Waals surface area contributed by atoms with Crippen molar-refractivity contribution in [2.24, 2.45) is 0 Å². The van der Waals surface area contributed by atoms with Crippen molar-refractivity contribution in [1.82, 2.24) is 4.90 Å². The van der Waals surface area contributed by atoms with Crippen molar-refractivity contribution in [3.8, 4) is 0 Å². The summed E-state index contributed by atoms with van der Waals surface area (Å²) in [6.07, 6.45) is 2.67. The number of rotatable bonds is 2. The molecule has 1 fully saturated rings. The van der Waals surface area contributed by atoms with E-state index in [0.29, 0.717) is 33.7 Å². The lowest BCUT2D eigenvalue weighted by atomic mass is 9.93. The van der Waals surface area contributed by atoms with Gasteiger partial charge in [0, 0.05) is 36.0 Å². The van der Waals surface area contributed by atoms with Crippen LogP contribution in [0.15, 0.2) is 22.7 Å². The van der Waals surface area contributed by atoms with Crippen LogP contribution in [-0.4, -0.2) is 29.7 Å². The highest BCUT2D eigenvalue weighted by Gasteiger charge is 2.26. The van der Waals surface area contributed by atoms with Gasteiger partial charge in [0.1, 0.15) is 5.78 Å². The van der Waals surface area contributed by atoms with E-state index in [2.05, 4.69) is 15.9 Å². The second-order valence-corrected chi connectivity index (χ2v) is 6.08. The summed E-state index contributed by atoms with van der Waals surface area (Å²) in [4.78, 5) is 25.3. The predicted molar refractivity (Wildman–Crippen MR) is 78.5 cm³/mol. The Morgan fingerprint density at radius 3 is 2.58 bits per heavy atom. The van der Waals surface area contributed by atoms with E-state index >= 15 is 0 Å². The number of hydrogen-bond acceptors (Lipinski definition) is 2. The summed E-state index contributed by atoms with van der Waals surface area (Å²) >= 11 is 9.24. The maximum atomic E-state index is 12.4. The fourth-order valence-corrected chi connectivity index (χ4v) is 2.81. The molecule has 0 aliphatic heterocycles. The van der Waals surface area contributed by atoms with Gasteiger partial charge in [-0.1, -0.05) is 11.6 Å². The molecule has 0 unspecified atom stereocenters. The van der Waals surface area contributed by atoms with E-state index in [1.165, 1.54) is 0 Å². The number of carbonyl (C=O) groups is 2. The fraction of sp³-hybridized carbons (Fsp3) is 0.429. The van der Waals surface area contributed by atoms with E-state index < -0.39 is 0 Å². The zero-order valence-corrected chi connectivity index (χ0v) is 13.0. The molecule has 102 valence electrons. The molecule has 1 aliphatic rings. The summed E-state index contributed by atoms with van der Waals surface area (Å²) in [5.41, 5.74) is 0.607. The van der Waals surface area contributed by atoms with Crippen LogP contribution in [0.1, 0.15) is 36.0 Å². The van der Waals surface area contributed by atoms with Crippen molar-refractivity contribution >= 4 is 39.2 Å². The number of ketones is 1. The minimum atomic E-state index is -0.0308. The van der Waals surface area contributed by atoms with Crippen molar-refractivity contribution in [3.05, 3.63) is 33.3 Å². The molecule has 0 aromatic heterocycles. The Kier molecular flexibility index (Phi) is 4.63. The molecule has 0 bridgehead atoms. The van der Waals surface area contributed by atoms with E-state index in [1.54, 1.807) is 30.1 Å². The lowest BCUT2D eigenvalue weighted by molar-refractivity contribution is -0.121. The summed E-state index contributed by atoms with van der Waals surface area (Å²) in [5, 5.41) is 0.586. The van der Waals surface area contributed by atoms with E-state index in [1.807, 2.05) is 0 Å². The van der Waals surface area contributed by atoms with Gasteiger partial charge in [-0.3, -0.25) is 9.59 Å².